The number of pyridine rings is 1. The van der Waals surface area contributed by atoms with Crippen LogP contribution in [-0.4, -0.2) is 43.6 Å². The van der Waals surface area contributed by atoms with Crippen molar-refractivity contribution >= 4 is 23.7 Å². The van der Waals surface area contributed by atoms with Crippen molar-refractivity contribution in [2.75, 3.05) is 0 Å². The Labute approximate surface area is 154 Å². The van der Waals surface area contributed by atoms with Crippen LogP contribution in [0.4, 0.5) is 0 Å². The van der Waals surface area contributed by atoms with Gasteiger partial charge in [-0.3, -0.25) is 0 Å². The van der Waals surface area contributed by atoms with Crippen molar-refractivity contribution in [1.82, 2.24) is 14.8 Å². The number of aromatic nitrogens is 3. The van der Waals surface area contributed by atoms with Gasteiger partial charge in [0.25, 0.3) is 0 Å². The molecule has 6 nitrogen and oxygen atoms in total. The summed E-state index contributed by atoms with van der Waals surface area (Å²) in [7, 11) is 0. The summed E-state index contributed by atoms with van der Waals surface area (Å²) in [5.74, 6) is -0.879. The molecule has 0 amide bonds. The molecule has 2 heterocycles. The van der Waals surface area contributed by atoms with E-state index in [1.807, 2.05) is 36.8 Å². The molecule has 2 aromatic heterocycles. The quantitative estimate of drug-likeness (QED) is 0.744. The van der Waals surface area contributed by atoms with E-state index in [4.69, 9.17) is 5.11 Å². The maximum absolute atomic E-state index is 11.5. The van der Waals surface area contributed by atoms with Crippen LogP contribution in [0.1, 0.15) is 15.9 Å². The SMILES string of the molecule is O=C(O)c1ccccc1.[Li][CH2]n1nc(-c2cccnc2)c(C)cc1=O. The second kappa shape index (κ2) is 8.97. The molecule has 0 radical (unpaired) electrons. The van der Waals surface area contributed by atoms with Crippen LogP contribution in [0, 0.1) is 6.92 Å². The minimum atomic E-state index is -0.879. The zero-order valence-corrected chi connectivity index (χ0v) is 14.1. The summed E-state index contributed by atoms with van der Waals surface area (Å²) in [5, 5.41) is 13.3. The average molecular weight is 329 g/mol. The molecular formula is C18H16LiN3O3. The third-order valence-electron chi connectivity index (χ3n) is 3.44. The van der Waals surface area contributed by atoms with Gasteiger partial charge in [-0.2, -0.15) is 0 Å². The van der Waals surface area contributed by atoms with E-state index in [-0.39, 0.29) is 5.56 Å². The van der Waals surface area contributed by atoms with E-state index in [1.54, 1.807) is 48.8 Å². The topological polar surface area (TPSA) is 85.1 Å². The van der Waals surface area contributed by atoms with Crippen molar-refractivity contribution in [2.24, 2.45) is 0 Å². The predicted molar refractivity (Wildman–Crippen MR) is 95.6 cm³/mol. The van der Waals surface area contributed by atoms with Gasteiger partial charge in [-0.25, -0.2) is 4.79 Å². The number of rotatable bonds is 3. The van der Waals surface area contributed by atoms with Gasteiger partial charge in [-0.05, 0) is 12.1 Å². The fraction of sp³-hybridized carbons (Fsp3) is 0.111. The summed E-state index contributed by atoms with van der Waals surface area (Å²) in [6.07, 6.45) is 3.47. The van der Waals surface area contributed by atoms with Gasteiger partial charge < -0.3 is 5.11 Å². The van der Waals surface area contributed by atoms with Gasteiger partial charge in [-0.15, -0.1) is 0 Å². The van der Waals surface area contributed by atoms with Crippen LogP contribution in [0.15, 0.2) is 65.7 Å². The summed E-state index contributed by atoms with van der Waals surface area (Å²) >= 11 is 1.90. The van der Waals surface area contributed by atoms with Gasteiger partial charge in [0, 0.05) is 0 Å². The molecule has 0 unspecified atom stereocenters. The van der Waals surface area contributed by atoms with Crippen molar-refractivity contribution in [2.45, 2.75) is 12.1 Å². The van der Waals surface area contributed by atoms with E-state index < -0.39 is 5.97 Å². The molecule has 3 aromatic rings. The molecule has 25 heavy (non-hydrogen) atoms. The fourth-order valence-corrected chi connectivity index (χ4v) is 2.17. The number of aryl methyl sites for hydroxylation is 1. The molecule has 0 saturated heterocycles. The molecule has 0 fully saturated rings. The summed E-state index contributed by atoms with van der Waals surface area (Å²) in [6, 6.07) is 13.7. The molecule has 0 bridgehead atoms. The van der Waals surface area contributed by atoms with Crippen molar-refractivity contribution in [3.8, 4) is 11.3 Å². The van der Waals surface area contributed by atoms with E-state index in [9.17, 15) is 9.59 Å². The first-order valence-corrected chi connectivity index (χ1v) is 7.80. The number of aromatic carboxylic acids is 1. The van der Waals surface area contributed by atoms with Crippen LogP contribution in [0.25, 0.3) is 11.3 Å². The van der Waals surface area contributed by atoms with Crippen LogP contribution >= 0.6 is 0 Å². The number of hydrogen-bond acceptors (Lipinski definition) is 4. The standard InChI is InChI=1S/C11H10N3O.C7H6O2.Li/c1-8-6-10(15)14(2)13-11(8)9-4-3-5-12-7-9;8-7(9)6-4-2-1-3-5-6;/h3-7H,2H2,1H3;1-5H,(H,8,9);. The van der Waals surface area contributed by atoms with Gasteiger partial charge in [0.05, 0.1) is 5.56 Å². The summed E-state index contributed by atoms with van der Waals surface area (Å²) in [6.45, 7) is 1.89. The third kappa shape index (κ3) is 5.15. The van der Waals surface area contributed by atoms with Crippen molar-refractivity contribution in [3.63, 3.8) is 0 Å². The van der Waals surface area contributed by atoms with Crippen LogP contribution in [0.3, 0.4) is 0 Å². The molecule has 3 rings (SSSR count). The Hall–Kier alpha value is -2.68. The first-order chi connectivity index (χ1) is 12.0. The van der Waals surface area contributed by atoms with E-state index >= 15 is 0 Å². The third-order valence-corrected chi connectivity index (χ3v) is 3.44. The summed E-state index contributed by atoms with van der Waals surface area (Å²) in [4.78, 5) is 25.8. The van der Waals surface area contributed by atoms with Gasteiger partial charge in [0.1, 0.15) is 0 Å². The maximum atomic E-state index is 11.5. The van der Waals surface area contributed by atoms with Crippen molar-refractivity contribution < 1.29 is 9.90 Å². The second-order valence-corrected chi connectivity index (χ2v) is 5.24. The predicted octanol–water partition coefficient (Wildman–Crippen LogP) is 2.12. The summed E-state index contributed by atoms with van der Waals surface area (Å²) < 4.78 is 1.45. The first-order valence-electron chi connectivity index (χ1n) is 7.80. The number of carbonyl (C=O) groups is 1. The Kier molecular flexibility index (Phi) is 6.69. The zero-order chi connectivity index (χ0) is 18.2. The Morgan fingerprint density at radius 2 is 1.92 bits per heavy atom. The van der Waals surface area contributed by atoms with Crippen molar-refractivity contribution in [3.05, 3.63) is 82.4 Å². The van der Waals surface area contributed by atoms with Crippen LogP contribution in [0.5, 0.6) is 0 Å². The molecule has 0 spiro atoms. The van der Waals surface area contributed by atoms with E-state index in [0.29, 0.717) is 10.8 Å². The minimum absolute atomic E-state index is 0.0624. The Morgan fingerprint density at radius 3 is 2.44 bits per heavy atom. The van der Waals surface area contributed by atoms with Crippen LogP contribution in [0.2, 0.25) is 0 Å². The van der Waals surface area contributed by atoms with Crippen LogP contribution in [-0.2, 0) is 5.22 Å². The first kappa shape index (κ1) is 18.7. The molecule has 0 aliphatic heterocycles. The second-order valence-electron chi connectivity index (χ2n) is 5.24. The Morgan fingerprint density at radius 1 is 1.20 bits per heavy atom. The molecule has 0 atom stereocenters. The number of benzene rings is 1. The molecular weight excluding hydrogens is 313 g/mol. The van der Waals surface area contributed by atoms with E-state index in [2.05, 4.69) is 10.1 Å². The molecule has 0 aliphatic carbocycles. The van der Waals surface area contributed by atoms with Crippen molar-refractivity contribution in [1.29, 1.82) is 0 Å². The molecule has 0 aliphatic rings. The number of carboxylic acid groups (broad SMARTS) is 1. The van der Waals surface area contributed by atoms with Gasteiger partial charge in [0.15, 0.2) is 0 Å². The van der Waals surface area contributed by atoms with Gasteiger partial charge in [-0.1, -0.05) is 18.2 Å². The Bertz CT molecular complexity index is 896. The van der Waals surface area contributed by atoms with Gasteiger partial charge >= 0.3 is 108 Å². The molecule has 7 heteroatoms. The van der Waals surface area contributed by atoms with E-state index in [1.165, 1.54) is 4.68 Å². The molecule has 0 saturated carbocycles. The number of hydrogen-bond donors (Lipinski definition) is 1. The fourth-order valence-electron chi connectivity index (χ4n) is 2.17. The zero-order valence-electron chi connectivity index (χ0n) is 14.1. The molecule has 1 aromatic carbocycles. The molecule has 1 N–H and O–H groups in total. The number of nitrogens with zero attached hydrogens (tertiary/aromatic N) is 3. The normalized spacial score (nSPS) is 9.88. The van der Waals surface area contributed by atoms with Crippen LogP contribution < -0.4 is 5.56 Å². The monoisotopic (exact) mass is 329 g/mol. The average Bonchev–Trinajstić information content (AvgIpc) is 2.64. The summed E-state index contributed by atoms with van der Waals surface area (Å²) in [5.41, 5.74) is 2.89. The van der Waals surface area contributed by atoms with Gasteiger partial charge in [0.2, 0.25) is 0 Å². The van der Waals surface area contributed by atoms with E-state index in [0.717, 1.165) is 16.8 Å². The molecule has 122 valence electrons. The number of carboxylic acids is 1. The Balaban J connectivity index is 0.000000212.